The Morgan fingerprint density at radius 2 is 2.00 bits per heavy atom. The first-order valence-electron chi connectivity index (χ1n) is 4.86. The molecule has 0 aliphatic carbocycles. The zero-order chi connectivity index (χ0) is 10.3. The molecular formula is C10H21NO2. The molecule has 13 heavy (non-hydrogen) atoms. The van der Waals surface area contributed by atoms with Crippen LogP contribution in [-0.2, 0) is 9.53 Å². The quantitative estimate of drug-likeness (QED) is 0.665. The van der Waals surface area contributed by atoms with Gasteiger partial charge in [0.05, 0.1) is 5.60 Å². The fraction of sp³-hybridized carbons (Fsp3) is 0.900. The second kappa shape index (κ2) is 5.97. The van der Waals surface area contributed by atoms with E-state index in [4.69, 9.17) is 4.74 Å². The third-order valence-electron chi connectivity index (χ3n) is 1.50. The van der Waals surface area contributed by atoms with Crippen molar-refractivity contribution in [1.82, 2.24) is 5.32 Å². The minimum absolute atomic E-state index is 0.0746. The number of hydrogen-bond acceptors (Lipinski definition) is 2. The summed E-state index contributed by atoms with van der Waals surface area (Å²) < 4.78 is 5.49. The number of amides is 1. The molecule has 3 heteroatoms. The third kappa shape index (κ3) is 9.34. The topological polar surface area (TPSA) is 38.3 Å². The third-order valence-corrected chi connectivity index (χ3v) is 1.50. The summed E-state index contributed by atoms with van der Waals surface area (Å²) >= 11 is 0. The minimum atomic E-state index is -0.0746. The van der Waals surface area contributed by atoms with E-state index in [0.29, 0.717) is 19.6 Å². The van der Waals surface area contributed by atoms with E-state index in [0.717, 1.165) is 6.42 Å². The lowest BCUT2D eigenvalue weighted by Gasteiger charge is -2.19. The Bertz CT molecular complexity index is 149. The van der Waals surface area contributed by atoms with Crippen LogP contribution in [0.2, 0.25) is 0 Å². The summed E-state index contributed by atoms with van der Waals surface area (Å²) in [5.74, 6) is 0.107. The molecule has 1 N–H and O–H groups in total. The standard InChI is InChI=1S/C10H21NO2/c1-5-9(12)11-7-6-8-13-10(2,3)4/h5-8H2,1-4H3,(H,11,12). The van der Waals surface area contributed by atoms with E-state index in [-0.39, 0.29) is 11.5 Å². The molecule has 0 saturated heterocycles. The van der Waals surface area contributed by atoms with Crippen molar-refractivity contribution in [3.63, 3.8) is 0 Å². The number of carbonyl (C=O) groups is 1. The van der Waals surface area contributed by atoms with Gasteiger partial charge in [0.2, 0.25) is 5.91 Å². The van der Waals surface area contributed by atoms with Gasteiger partial charge in [-0.05, 0) is 27.2 Å². The molecule has 0 fully saturated rings. The van der Waals surface area contributed by atoms with E-state index < -0.39 is 0 Å². The zero-order valence-electron chi connectivity index (χ0n) is 9.14. The largest absolute Gasteiger partial charge is 0.376 e. The summed E-state index contributed by atoms with van der Waals surface area (Å²) in [5, 5.41) is 2.80. The summed E-state index contributed by atoms with van der Waals surface area (Å²) in [5.41, 5.74) is -0.0746. The van der Waals surface area contributed by atoms with E-state index in [1.807, 2.05) is 27.7 Å². The molecule has 0 heterocycles. The number of hydrogen-bond donors (Lipinski definition) is 1. The molecule has 0 aromatic carbocycles. The predicted molar refractivity (Wildman–Crippen MR) is 53.6 cm³/mol. The maximum atomic E-state index is 10.8. The summed E-state index contributed by atoms with van der Waals surface area (Å²) in [6.45, 7) is 9.34. The van der Waals surface area contributed by atoms with Gasteiger partial charge in [-0.3, -0.25) is 4.79 Å². The molecule has 0 radical (unpaired) electrons. The molecule has 3 nitrogen and oxygen atoms in total. The summed E-state index contributed by atoms with van der Waals surface area (Å²) in [6, 6.07) is 0. The SMILES string of the molecule is CCC(=O)NCCCOC(C)(C)C. The first kappa shape index (κ1) is 12.4. The van der Waals surface area contributed by atoms with E-state index in [1.165, 1.54) is 0 Å². The van der Waals surface area contributed by atoms with Crippen LogP contribution in [0, 0.1) is 0 Å². The number of rotatable bonds is 5. The number of carbonyl (C=O) groups excluding carboxylic acids is 1. The van der Waals surface area contributed by atoms with Gasteiger partial charge in [0.15, 0.2) is 0 Å². The van der Waals surface area contributed by atoms with Crippen LogP contribution in [0.5, 0.6) is 0 Å². The molecule has 0 saturated carbocycles. The Morgan fingerprint density at radius 1 is 1.38 bits per heavy atom. The molecule has 0 aliphatic rings. The zero-order valence-corrected chi connectivity index (χ0v) is 9.14. The monoisotopic (exact) mass is 187 g/mol. The summed E-state index contributed by atoms with van der Waals surface area (Å²) in [7, 11) is 0. The van der Waals surface area contributed by atoms with Gasteiger partial charge in [-0.15, -0.1) is 0 Å². The van der Waals surface area contributed by atoms with Gasteiger partial charge in [-0.1, -0.05) is 6.92 Å². The molecule has 0 aromatic rings. The molecule has 1 amide bonds. The normalized spacial score (nSPS) is 11.4. The predicted octanol–water partition coefficient (Wildman–Crippen LogP) is 1.72. The smallest absolute Gasteiger partial charge is 0.219 e. The minimum Gasteiger partial charge on any atom is -0.376 e. The average Bonchev–Trinajstić information content (AvgIpc) is 2.01. The molecule has 0 bridgehead atoms. The molecular weight excluding hydrogens is 166 g/mol. The molecule has 0 rings (SSSR count). The van der Waals surface area contributed by atoms with Gasteiger partial charge in [0.1, 0.15) is 0 Å². The summed E-state index contributed by atoms with van der Waals surface area (Å²) in [6.07, 6.45) is 1.43. The molecule has 0 spiro atoms. The number of nitrogens with one attached hydrogen (secondary N) is 1. The van der Waals surface area contributed by atoms with Crippen molar-refractivity contribution in [2.75, 3.05) is 13.2 Å². The van der Waals surface area contributed by atoms with Crippen LogP contribution >= 0.6 is 0 Å². The molecule has 0 atom stereocenters. The summed E-state index contributed by atoms with van der Waals surface area (Å²) in [4.78, 5) is 10.8. The van der Waals surface area contributed by atoms with Crippen molar-refractivity contribution >= 4 is 5.91 Å². The van der Waals surface area contributed by atoms with Gasteiger partial charge >= 0.3 is 0 Å². The Hall–Kier alpha value is -0.570. The van der Waals surface area contributed by atoms with Gasteiger partial charge < -0.3 is 10.1 Å². The van der Waals surface area contributed by atoms with Crippen molar-refractivity contribution in [3.8, 4) is 0 Å². The van der Waals surface area contributed by atoms with Gasteiger partial charge in [-0.25, -0.2) is 0 Å². The van der Waals surface area contributed by atoms with Crippen LogP contribution in [0.25, 0.3) is 0 Å². The maximum absolute atomic E-state index is 10.8. The van der Waals surface area contributed by atoms with Crippen molar-refractivity contribution < 1.29 is 9.53 Å². The highest BCUT2D eigenvalue weighted by Gasteiger charge is 2.08. The lowest BCUT2D eigenvalue weighted by molar-refractivity contribution is -0.120. The van der Waals surface area contributed by atoms with Crippen molar-refractivity contribution in [2.45, 2.75) is 46.1 Å². The molecule has 0 aromatic heterocycles. The van der Waals surface area contributed by atoms with Crippen LogP contribution in [0.4, 0.5) is 0 Å². The van der Waals surface area contributed by atoms with E-state index in [9.17, 15) is 4.79 Å². The highest BCUT2D eigenvalue weighted by Crippen LogP contribution is 2.06. The van der Waals surface area contributed by atoms with Crippen LogP contribution in [0.15, 0.2) is 0 Å². The molecule has 0 aliphatic heterocycles. The highest BCUT2D eigenvalue weighted by molar-refractivity contribution is 5.75. The average molecular weight is 187 g/mol. The first-order valence-corrected chi connectivity index (χ1v) is 4.86. The van der Waals surface area contributed by atoms with E-state index in [2.05, 4.69) is 5.32 Å². The number of ether oxygens (including phenoxy) is 1. The Balaban J connectivity index is 3.22. The van der Waals surface area contributed by atoms with Crippen molar-refractivity contribution in [2.24, 2.45) is 0 Å². The Labute approximate surface area is 80.8 Å². The van der Waals surface area contributed by atoms with Gasteiger partial charge in [0, 0.05) is 19.6 Å². The van der Waals surface area contributed by atoms with Crippen LogP contribution in [0.1, 0.15) is 40.5 Å². The van der Waals surface area contributed by atoms with Crippen LogP contribution < -0.4 is 5.32 Å². The van der Waals surface area contributed by atoms with E-state index >= 15 is 0 Å². The Kier molecular flexibility index (Phi) is 5.71. The highest BCUT2D eigenvalue weighted by atomic mass is 16.5. The molecule has 0 unspecified atom stereocenters. The van der Waals surface area contributed by atoms with Gasteiger partial charge in [0.25, 0.3) is 0 Å². The maximum Gasteiger partial charge on any atom is 0.219 e. The van der Waals surface area contributed by atoms with Crippen LogP contribution in [-0.4, -0.2) is 24.7 Å². The lowest BCUT2D eigenvalue weighted by atomic mass is 10.2. The van der Waals surface area contributed by atoms with Crippen molar-refractivity contribution in [1.29, 1.82) is 0 Å². The molecule has 78 valence electrons. The first-order chi connectivity index (χ1) is 5.95. The second-order valence-electron chi connectivity index (χ2n) is 4.02. The fourth-order valence-corrected chi connectivity index (χ4v) is 0.803. The lowest BCUT2D eigenvalue weighted by Crippen LogP contribution is -2.26. The van der Waals surface area contributed by atoms with Crippen LogP contribution in [0.3, 0.4) is 0 Å². The second-order valence-corrected chi connectivity index (χ2v) is 4.02. The fourth-order valence-electron chi connectivity index (χ4n) is 0.803. The van der Waals surface area contributed by atoms with E-state index in [1.54, 1.807) is 0 Å². The van der Waals surface area contributed by atoms with Crippen molar-refractivity contribution in [3.05, 3.63) is 0 Å². The van der Waals surface area contributed by atoms with Gasteiger partial charge in [-0.2, -0.15) is 0 Å². The Morgan fingerprint density at radius 3 is 2.46 bits per heavy atom.